The van der Waals surface area contributed by atoms with Gasteiger partial charge in [0, 0.05) is 6.04 Å². The Hall–Kier alpha value is -1.41. The van der Waals surface area contributed by atoms with E-state index in [1.807, 2.05) is 11.4 Å². The summed E-state index contributed by atoms with van der Waals surface area (Å²) in [5.41, 5.74) is 5.81. The van der Waals surface area contributed by atoms with Gasteiger partial charge in [0.1, 0.15) is 16.5 Å². The predicted molar refractivity (Wildman–Crippen MR) is 71.3 cm³/mol. The van der Waals surface area contributed by atoms with Crippen LogP contribution in [0.5, 0.6) is 0 Å². The Labute approximate surface area is 117 Å². The van der Waals surface area contributed by atoms with Crippen LogP contribution in [0.4, 0.5) is 19.0 Å². The molecule has 2 heterocycles. The van der Waals surface area contributed by atoms with Crippen LogP contribution in [-0.2, 0) is 6.54 Å². The molecule has 0 unspecified atom stereocenters. The Kier molecular flexibility index (Phi) is 3.29. The van der Waals surface area contributed by atoms with Gasteiger partial charge in [-0.05, 0) is 24.3 Å². The molecule has 1 fully saturated rings. The van der Waals surface area contributed by atoms with Crippen molar-refractivity contribution in [1.82, 2.24) is 14.9 Å². The van der Waals surface area contributed by atoms with Crippen molar-refractivity contribution in [2.24, 2.45) is 0 Å². The largest absolute Gasteiger partial charge is 0.401 e. The van der Waals surface area contributed by atoms with Crippen LogP contribution in [-0.4, -0.2) is 33.6 Å². The topological polar surface area (TPSA) is 55.0 Å². The van der Waals surface area contributed by atoms with E-state index in [4.69, 9.17) is 5.73 Å². The zero-order valence-electron chi connectivity index (χ0n) is 10.5. The lowest BCUT2D eigenvalue weighted by Gasteiger charge is -2.22. The van der Waals surface area contributed by atoms with Crippen molar-refractivity contribution in [2.75, 3.05) is 12.3 Å². The van der Waals surface area contributed by atoms with Gasteiger partial charge in [0.2, 0.25) is 0 Å². The van der Waals surface area contributed by atoms with Crippen LogP contribution in [0, 0.1) is 0 Å². The van der Waals surface area contributed by atoms with Crippen molar-refractivity contribution in [3.8, 4) is 0 Å². The van der Waals surface area contributed by atoms with Crippen LogP contribution in [0.15, 0.2) is 11.4 Å². The molecule has 8 heteroatoms. The normalized spacial score (nSPS) is 16.2. The molecule has 1 saturated carbocycles. The predicted octanol–water partition coefficient (Wildman–Crippen LogP) is 2.80. The van der Waals surface area contributed by atoms with Gasteiger partial charge in [-0.1, -0.05) is 0 Å². The third-order valence-corrected chi connectivity index (χ3v) is 4.00. The molecule has 4 nitrogen and oxygen atoms in total. The number of hydrogen-bond donors (Lipinski definition) is 1. The molecule has 20 heavy (non-hydrogen) atoms. The summed E-state index contributed by atoms with van der Waals surface area (Å²) < 4.78 is 37.7. The van der Waals surface area contributed by atoms with Crippen LogP contribution in [0.1, 0.15) is 18.7 Å². The summed E-state index contributed by atoms with van der Waals surface area (Å²) in [6.45, 7) is -0.842. The minimum atomic E-state index is -4.21. The molecule has 0 saturated heterocycles. The van der Waals surface area contributed by atoms with E-state index in [9.17, 15) is 13.2 Å². The van der Waals surface area contributed by atoms with Crippen LogP contribution < -0.4 is 5.73 Å². The molecule has 3 rings (SSSR count). The highest BCUT2D eigenvalue weighted by atomic mass is 32.1. The maximum atomic E-state index is 12.6. The average molecular weight is 302 g/mol. The van der Waals surface area contributed by atoms with E-state index < -0.39 is 12.7 Å². The van der Waals surface area contributed by atoms with Gasteiger partial charge in [0.25, 0.3) is 0 Å². The van der Waals surface area contributed by atoms with E-state index in [1.165, 1.54) is 16.2 Å². The number of alkyl halides is 3. The third-order valence-electron chi connectivity index (χ3n) is 3.19. The number of aromatic nitrogens is 2. The summed E-state index contributed by atoms with van der Waals surface area (Å²) >= 11 is 1.41. The number of nitrogen functional groups attached to an aromatic ring is 1. The van der Waals surface area contributed by atoms with Crippen LogP contribution >= 0.6 is 11.3 Å². The molecule has 0 bridgehead atoms. The molecule has 1 aliphatic carbocycles. The van der Waals surface area contributed by atoms with Crippen molar-refractivity contribution in [1.29, 1.82) is 0 Å². The number of nitrogens with zero attached hydrogens (tertiary/aromatic N) is 3. The lowest BCUT2D eigenvalue weighted by atomic mass is 10.3. The van der Waals surface area contributed by atoms with Crippen molar-refractivity contribution in [3.05, 3.63) is 17.3 Å². The SMILES string of the molecule is Nc1nc(CN(CC(F)(F)F)C2CC2)nc2sccc12. The minimum Gasteiger partial charge on any atom is -0.383 e. The smallest absolute Gasteiger partial charge is 0.383 e. The zero-order valence-corrected chi connectivity index (χ0v) is 11.3. The maximum absolute atomic E-state index is 12.6. The molecule has 108 valence electrons. The molecule has 2 aromatic rings. The van der Waals surface area contributed by atoms with Crippen LogP contribution in [0.3, 0.4) is 0 Å². The number of nitrogens with two attached hydrogens (primary N) is 1. The molecular weight excluding hydrogens is 289 g/mol. The number of fused-ring (bicyclic) bond motifs is 1. The van der Waals surface area contributed by atoms with Crippen LogP contribution in [0.2, 0.25) is 0 Å². The first-order valence-electron chi connectivity index (χ1n) is 6.23. The van der Waals surface area contributed by atoms with E-state index >= 15 is 0 Å². The first-order valence-corrected chi connectivity index (χ1v) is 7.11. The Morgan fingerprint density at radius 2 is 2.10 bits per heavy atom. The molecule has 0 radical (unpaired) electrons. The Bertz CT molecular complexity index is 621. The summed E-state index contributed by atoms with van der Waals surface area (Å²) in [6, 6.07) is 1.80. The van der Waals surface area contributed by atoms with Crippen molar-refractivity contribution in [2.45, 2.75) is 31.6 Å². The minimum absolute atomic E-state index is 0.0134. The molecule has 2 N–H and O–H groups in total. The Morgan fingerprint density at radius 3 is 2.75 bits per heavy atom. The number of halogens is 3. The standard InChI is InChI=1S/C12H13F3N4S/c13-12(14,15)6-19(7-1-2-7)5-9-17-10(16)8-3-4-20-11(8)18-9/h3-4,7H,1-2,5-6H2,(H2,16,17,18). The molecule has 0 atom stereocenters. The van der Waals surface area contributed by atoms with E-state index in [-0.39, 0.29) is 12.6 Å². The van der Waals surface area contributed by atoms with E-state index in [2.05, 4.69) is 9.97 Å². The monoisotopic (exact) mass is 302 g/mol. The summed E-state index contributed by atoms with van der Waals surface area (Å²) in [7, 11) is 0. The lowest BCUT2D eigenvalue weighted by Crippen LogP contribution is -2.36. The molecule has 0 aliphatic heterocycles. The fourth-order valence-electron chi connectivity index (χ4n) is 2.16. The number of hydrogen-bond acceptors (Lipinski definition) is 5. The first-order chi connectivity index (χ1) is 9.42. The van der Waals surface area contributed by atoms with Gasteiger partial charge < -0.3 is 5.73 Å². The summed E-state index contributed by atoms with van der Waals surface area (Å²) in [6.07, 6.45) is -2.61. The van der Waals surface area contributed by atoms with Gasteiger partial charge in [-0.3, -0.25) is 4.90 Å². The van der Waals surface area contributed by atoms with E-state index in [1.54, 1.807) is 0 Å². The Morgan fingerprint density at radius 1 is 1.35 bits per heavy atom. The molecule has 0 spiro atoms. The van der Waals surface area contributed by atoms with E-state index in [0.717, 1.165) is 23.1 Å². The molecule has 0 amide bonds. The Balaban J connectivity index is 1.82. The maximum Gasteiger partial charge on any atom is 0.401 e. The number of thiophene rings is 1. The van der Waals surface area contributed by atoms with Gasteiger partial charge in [0.05, 0.1) is 18.5 Å². The second-order valence-corrected chi connectivity index (χ2v) is 5.81. The summed E-state index contributed by atoms with van der Waals surface area (Å²) in [5, 5.41) is 2.60. The third kappa shape index (κ3) is 3.01. The molecule has 2 aromatic heterocycles. The van der Waals surface area contributed by atoms with E-state index in [0.29, 0.717) is 11.6 Å². The summed E-state index contributed by atoms with van der Waals surface area (Å²) in [4.78, 5) is 10.5. The summed E-state index contributed by atoms with van der Waals surface area (Å²) in [5.74, 6) is 0.683. The highest BCUT2D eigenvalue weighted by Gasteiger charge is 2.38. The van der Waals surface area contributed by atoms with Crippen molar-refractivity contribution in [3.63, 3.8) is 0 Å². The number of anilines is 1. The second-order valence-electron chi connectivity index (χ2n) is 4.92. The second kappa shape index (κ2) is 4.85. The van der Waals surface area contributed by atoms with Gasteiger partial charge in [-0.2, -0.15) is 13.2 Å². The van der Waals surface area contributed by atoms with Crippen molar-refractivity contribution < 1.29 is 13.2 Å². The molecular formula is C12H13F3N4S. The lowest BCUT2D eigenvalue weighted by molar-refractivity contribution is -0.148. The first kappa shape index (κ1) is 13.6. The highest BCUT2D eigenvalue weighted by Crippen LogP contribution is 2.31. The van der Waals surface area contributed by atoms with Crippen LogP contribution in [0.25, 0.3) is 10.2 Å². The molecule has 0 aromatic carbocycles. The fraction of sp³-hybridized carbons (Fsp3) is 0.500. The van der Waals surface area contributed by atoms with Gasteiger partial charge in [-0.25, -0.2) is 9.97 Å². The van der Waals surface area contributed by atoms with Crippen molar-refractivity contribution >= 4 is 27.4 Å². The highest BCUT2D eigenvalue weighted by molar-refractivity contribution is 7.16. The fourth-order valence-corrected chi connectivity index (χ4v) is 2.95. The van der Waals surface area contributed by atoms with Gasteiger partial charge in [0.15, 0.2) is 0 Å². The van der Waals surface area contributed by atoms with Gasteiger partial charge in [-0.15, -0.1) is 11.3 Å². The zero-order chi connectivity index (χ0) is 14.3. The molecule has 1 aliphatic rings. The number of rotatable bonds is 4. The van der Waals surface area contributed by atoms with Gasteiger partial charge >= 0.3 is 6.18 Å². The average Bonchev–Trinajstić information content (AvgIpc) is 3.06. The quantitative estimate of drug-likeness (QED) is 0.943.